The second kappa shape index (κ2) is 5.76. The lowest BCUT2D eigenvalue weighted by atomic mass is 10.1. The first-order valence-corrected chi connectivity index (χ1v) is 7.99. The Bertz CT molecular complexity index is 814. The van der Waals surface area contributed by atoms with Crippen LogP contribution >= 0.6 is 0 Å². The van der Waals surface area contributed by atoms with Crippen molar-refractivity contribution < 1.29 is 13.3 Å². The van der Waals surface area contributed by atoms with Crippen LogP contribution in [0.25, 0.3) is 0 Å². The number of benzene rings is 2. The van der Waals surface area contributed by atoms with Gasteiger partial charge < -0.3 is 0 Å². The maximum Gasteiger partial charge on any atom is 0.274 e. The summed E-state index contributed by atoms with van der Waals surface area (Å²) in [6.07, 6.45) is 0. The fraction of sp³-hybridized carbons (Fsp3) is 0.200. The molecule has 0 bridgehead atoms. The third kappa shape index (κ3) is 2.80. The van der Waals surface area contributed by atoms with Gasteiger partial charge in [0.15, 0.2) is 0 Å². The number of aryl methyl sites for hydroxylation is 1. The number of nitro benzene ring substituents is 1. The van der Waals surface area contributed by atoms with Crippen LogP contribution in [0.4, 0.5) is 11.4 Å². The van der Waals surface area contributed by atoms with Gasteiger partial charge in [0.25, 0.3) is 15.7 Å². The van der Waals surface area contributed by atoms with Crippen LogP contribution < -0.4 is 4.31 Å². The summed E-state index contributed by atoms with van der Waals surface area (Å²) < 4.78 is 26.3. The summed E-state index contributed by atoms with van der Waals surface area (Å²) in [4.78, 5) is 10.6. The standard InChI is InChI=1S/C15H16N2O4S/c1-11-7-9-13(10-8-11)22(20,21)16(3)14-5-4-6-15(12(14)2)17(18)19/h4-10H,1-3H3. The molecule has 0 aliphatic carbocycles. The molecule has 22 heavy (non-hydrogen) atoms. The Hall–Kier alpha value is -2.41. The first-order chi connectivity index (χ1) is 10.2. The van der Waals surface area contributed by atoms with Crippen molar-refractivity contribution in [3.63, 3.8) is 0 Å². The Morgan fingerprint density at radius 3 is 2.18 bits per heavy atom. The molecular weight excluding hydrogens is 304 g/mol. The van der Waals surface area contributed by atoms with Crippen LogP contribution in [-0.4, -0.2) is 20.4 Å². The first-order valence-electron chi connectivity index (χ1n) is 6.54. The maximum atomic E-state index is 12.6. The van der Waals surface area contributed by atoms with E-state index in [1.54, 1.807) is 18.2 Å². The molecule has 0 N–H and O–H groups in total. The molecule has 6 nitrogen and oxygen atoms in total. The fourth-order valence-electron chi connectivity index (χ4n) is 2.15. The van der Waals surface area contributed by atoms with E-state index in [-0.39, 0.29) is 16.3 Å². The summed E-state index contributed by atoms with van der Waals surface area (Å²) in [6, 6.07) is 10.8. The van der Waals surface area contributed by atoms with Gasteiger partial charge in [-0.3, -0.25) is 14.4 Å². The zero-order valence-electron chi connectivity index (χ0n) is 12.5. The van der Waals surface area contributed by atoms with Crippen molar-refractivity contribution in [2.45, 2.75) is 18.7 Å². The fourth-order valence-corrected chi connectivity index (χ4v) is 3.40. The average molecular weight is 320 g/mol. The minimum absolute atomic E-state index is 0.108. The molecule has 2 aromatic carbocycles. The van der Waals surface area contributed by atoms with Crippen molar-refractivity contribution in [2.75, 3.05) is 11.4 Å². The van der Waals surface area contributed by atoms with E-state index in [2.05, 4.69) is 0 Å². The van der Waals surface area contributed by atoms with Crippen molar-refractivity contribution in [3.8, 4) is 0 Å². The van der Waals surface area contributed by atoms with Gasteiger partial charge in [0, 0.05) is 13.1 Å². The molecule has 0 unspecified atom stereocenters. The molecule has 0 saturated carbocycles. The van der Waals surface area contributed by atoms with E-state index >= 15 is 0 Å². The number of hydrogen-bond acceptors (Lipinski definition) is 4. The lowest BCUT2D eigenvalue weighted by Gasteiger charge is -2.21. The summed E-state index contributed by atoms with van der Waals surface area (Å²) >= 11 is 0. The van der Waals surface area contributed by atoms with Gasteiger partial charge in [-0.1, -0.05) is 23.8 Å². The number of nitrogens with zero attached hydrogens (tertiary/aromatic N) is 2. The zero-order chi connectivity index (χ0) is 16.5. The van der Waals surface area contributed by atoms with Crippen molar-refractivity contribution in [3.05, 3.63) is 63.7 Å². The molecule has 0 aliphatic rings. The highest BCUT2D eigenvalue weighted by atomic mass is 32.2. The number of anilines is 1. The van der Waals surface area contributed by atoms with Gasteiger partial charge in [-0.25, -0.2) is 8.42 Å². The lowest BCUT2D eigenvalue weighted by molar-refractivity contribution is -0.385. The molecule has 0 heterocycles. The molecule has 0 fully saturated rings. The zero-order valence-corrected chi connectivity index (χ0v) is 13.3. The highest BCUT2D eigenvalue weighted by molar-refractivity contribution is 7.92. The molecule has 0 aromatic heterocycles. The van der Waals surface area contributed by atoms with Crippen LogP contribution in [-0.2, 0) is 10.0 Å². The number of sulfonamides is 1. The normalized spacial score (nSPS) is 11.2. The monoisotopic (exact) mass is 320 g/mol. The quantitative estimate of drug-likeness (QED) is 0.640. The lowest BCUT2D eigenvalue weighted by Crippen LogP contribution is -2.27. The molecule has 116 valence electrons. The van der Waals surface area contributed by atoms with Crippen LogP contribution in [0.5, 0.6) is 0 Å². The maximum absolute atomic E-state index is 12.6. The predicted octanol–water partition coefficient (Wildman–Crippen LogP) is 3.04. The molecule has 0 saturated heterocycles. The summed E-state index contributed by atoms with van der Waals surface area (Å²) in [5.41, 5.74) is 1.44. The van der Waals surface area contributed by atoms with E-state index in [4.69, 9.17) is 0 Å². The van der Waals surface area contributed by atoms with Gasteiger partial charge in [-0.15, -0.1) is 0 Å². The Labute approximate surface area is 129 Å². The smallest absolute Gasteiger partial charge is 0.269 e. The van der Waals surface area contributed by atoms with Gasteiger partial charge in [0.05, 0.1) is 21.1 Å². The summed E-state index contributed by atoms with van der Waals surface area (Å²) in [5.74, 6) is 0. The van der Waals surface area contributed by atoms with Gasteiger partial charge >= 0.3 is 0 Å². The van der Waals surface area contributed by atoms with Crippen LogP contribution in [0.2, 0.25) is 0 Å². The van der Waals surface area contributed by atoms with E-state index < -0.39 is 14.9 Å². The highest BCUT2D eigenvalue weighted by Crippen LogP contribution is 2.30. The van der Waals surface area contributed by atoms with E-state index in [1.807, 2.05) is 6.92 Å². The van der Waals surface area contributed by atoms with E-state index in [0.29, 0.717) is 5.56 Å². The number of rotatable bonds is 4. The number of nitro groups is 1. The molecule has 2 aromatic rings. The second-order valence-electron chi connectivity index (χ2n) is 4.96. The summed E-state index contributed by atoms with van der Waals surface area (Å²) in [5, 5.41) is 11.0. The third-order valence-corrected chi connectivity index (χ3v) is 5.28. The Morgan fingerprint density at radius 1 is 1.05 bits per heavy atom. The minimum atomic E-state index is -3.76. The van der Waals surface area contributed by atoms with Crippen molar-refractivity contribution >= 4 is 21.4 Å². The van der Waals surface area contributed by atoms with Crippen molar-refractivity contribution in [1.82, 2.24) is 0 Å². The van der Waals surface area contributed by atoms with Gasteiger partial charge in [0.1, 0.15) is 0 Å². The number of hydrogen-bond donors (Lipinski definition) is 0. The topological polar surface area (TPSA) is 80.5 Å². The summed E-state index contributed by atoms with van der Waals surface area (Å²) in [7, 11) is -2.37. The molecule has 0 atom stereocenters. The third-order valence-electron chi connectivity index (χ3n) is 3.49. The van der Waals surface area contributed by atoms with Crippen LogP contribution in [0, 0.1) is 24.0 Å². The average Bonchev–Trinajstić information content (AvgIpc) is 2.47. The predicted molar refractivity (Wildman–Crippen MR) is 84.6 cm³/mol. The molecule has 2 rings (SSSR count). The molecular formula is C15H16N2O4S. The largest absolute Gasteiger partial charge is 0.274 e. The molecule has 0 amide bonds. The molecule has 0 spiro atoms. The van der Waals surface area contributed by atoms with Crippen LogP contribution in [0.1, 0.15) is 11.1 Å². The Morgan fingerprint density at radius 2 is 1.64 bits per heavy atom. The Balaban J connectivity index is 2.52. The van der Waals surface area contributed by atoms with E-state index in [1.165, 1.54) is 38.2 Å². The highest BCUT2D eigenvalue weighted by Gasteiger charge is 2.25. The van der Waals surface area contributed by atoms with Crippen LogP contribution in [0.15, 0.2) is 47.4 Å². The van der Waals surface area contributed by atoms with Crippen molar-refractivity contribution in [1.29, 1.82) is 0 Å². The SMILES string of the molecule is Cc1ccc(S(=O)(=O)N(C)c2cccc([N+](=O)[O-])c2C)cc1. The van der Waals surface area contributed by atoms with Gasteiger partial charge in [0.2, 0.25) is 0 Å². The Kier molecular flexibility index (Phi) is 4.18. The second-order valence-corrected chi connectivity index (χ2v) is 6.93. The van der Waals surface area contributed by atoms with Crippen LogP contribution in [0.3, 0.4) is 0 Å². The van der Waals surface area contributed by atoms with E-state index in [0.717, 1.165) is 9.87 Å². The van der Waals surface area contributed by atoms with E-state index in [9.17, 15) is 18.5 Å². The minimum Gasteiger partial charge on any atom is -0.269 e. The van der Waals surface area contributed by atoms with Gasteiger partial charge in [-0.05, 0) is 32.0 Å². The molecule has 0 aliphatic heterocycles. The van der Waals surface area contributed by atoms with Crippen molar-refractivity contribution in [2.24, 2.45) is 0 Å². The van der Waals surface area contributed by atoms with Gasteiger partial charge in [-0.2, -0.15) is 0 Å². The molecule has 7 heteroatoms. The molecule has 0 radical (unpaired) electrons. The summed E-state index contributed by atoms with van der Waals surface area (Å²) in [6.45, 7) is 3.40. The first kappa shape index (κ1) is 16.0.